The van der Waals surface area contributed by atoms with Crippen molar-refractivity contribution in [1.82, 2.24) is 10.2 Å². The Bertz CT molecular complexity index is 821. The van der Waals surface area contributed by atoms with Crippen molar-refractivity contribution in [2.45, 2.75) is 252 Å². The fourth-order valence-corrected chi connectivity index (χ4v) is 8.34. The quantitative estimate of drug-likeness (QED) is 0.0474. The molecule has 0 spiro atoms. The van der Waals surface area contributed by atoms with Crippen LogP contribution in [0, 0.1) is 17.8 Å². The maximum atomic E-state index is 13.8. The van der Waals surface area contributed by atoms with E-state index in [1.54, 1.807) is 0 Å². The third-order valence-corrected chi connectivity index (χ3v) is 12.0. The summed E-state index contributed by atoms with van der Waals surface area (Å²) in [5.74, 6) is 0.697. The highest BCUT2D eigenvalue weighted by atomic mass is 16.5. The summed E-state index contributed by atoms with van der Waals surface area (Å²) in [5.41, 5.74) is 0. The number of carbonyl (C=O) groups is 2. The van der Waals surface area contributed by atoms with Gasteiger partial charge in [0.05, 0.1) is 12.5 Å². The van der Waals surface area contributed by atoms with E-state index in [0.717, 1.165) is 51.6 Å². The standard InChI is InChI=1S/C49H98N2O4/c1-7-11-15-24-34-44(32-13-9-3)42-46(49(54)55-43-45(33-14-10-4)35-25-16-12-8-2)36-26-20-19-22-28-38-47(50-40-30-31-41-51(5)6)37-27-21-17-18-23-29-39-48(52)53/h44-47,50H,7-43H2,1-6H3,(H,52,53). The second kappa shape index (κ2) is 41.0. The molecule has 0 aromatic heterocycles. The van der Waals surface area contributed by atoms with E-state index in [-0.39, 0.29) is 11.9 Å². The minimum absolute atomic E-state index is 0.0678. The van der Waals surface area contributed by atoms with Gasteiger partial charge in [0.1, 0.15) is 0 Å². The highest BCUT2D eigenvalue weighted by Gasteiger charge is 2.25. The number of hydrogen-bond acceptors (Lipinski definition) is 5. The second-order valence-electron chi connectivity index (χ2n) is 17.8. The highest BCUT2D eigenvalue weighted by molar-refractivity contribution is 5.72. The average Bonchev–Trinajstić information content (AvgIpc) is 3.16. The van der Waals surface area contributed by atoms with Gasteiger partial charge in [0.2, 0.25) is 0 Å². The van der Waals surface area contributed by atoms with Gasteiger partial charge in [-0.3, -0.25) is 9.59 Å². The van der Waals surface area contributed by atoms with Crippen molar-refractivity contribution in [3.05, 3.63) is 0 Å². The number of nitrogens with zero attached hydrogens (tertiary/aromatic N) is 1. The molecule has 0 aromatic rings. The fourth-order valence-electron chi connectivity index (χ4n) is 8.34. The predicted octanol–water partition coefficient (Wildman–Crippen LogP) is 14.3. The van der Waals surface area contributed by atoms with Crippen LogP contribution in [0.15, 0.2) is 0 Å². The van der Waals surface area contributed by atoms with Gasteiger partial charge in [-0.1, -0.05) is 182 Å². The second-order valence-corrected chi connectivity index (χ2v) is 17.8. The van der Waals surface area contributed by atoms with Crippen molar-refractivity contribution in [2.75, 3.05) is 33.8 Å². The zero-order chi connectivity index (χ0) is 40.6. The van der Waals surface area contributed by atoms with Crippen LogP contribution in [0.1, 0.15) is 246 Å². The number of esters is 1. The first-order chi connectivity index (χ1) is 26.8. The summed E-state index contributed by atoms with van der Waals surface area (Å²) in [5, 5.41) is 12.8. The minimum Gasteiger partial charge on any atom is -0.481 e. The van der Waals surface area contributed by atoms with E-state index in [0.29, 0.717) is 30.9 Å². The summed E-state index contributed by atoms with van der Waals surface area (Å²) in [7, 11) is 4.31. The molecule has 0 radical (unpaired) electrons. The van der Waals surface area contributed by atoms with Gasteiger partial charge in [-0.25, -0.2) is 0 Å². The average molecular weight is 779 g/mol. The molecule has 0 rings (SSSR count). The minimum atomic E-state index is -0.669. The Kier molecular flexibility index (Phi) is 40.2. The number of hydrogen-bond donors (Lipinski definition) is 2. The van der Waals surface area contributed by atoms with E-state index < -0.39 is 5.97 Å². The van der Waals surface area contributed by atoms with Crippen molar-refractivity contribution in [1.29, 1.82) is 0 Å². The summed E-state index contributed by atoms with van der Waals surface area (Å²) >= 11 is 0. The molecule has 0 heterocycles. The van der Waals surface area contributed by atoms with Crippen LogP contribution in [0.25, 0.3) is 0 Å². The third-order valence-electron chi connectivity index (χ3n) is 12.0. The molecule has 0 aliphatic heterocycles. The molecule has 0 saturated carbocycles. The summed E-state index contributed by atoms with van der Waals surface area (Å²) in [6.45, 7) is 12.1. The number of ether oxygens (including phenoxy) is 1. The fraction of sp³-hybridized carbons (Fsp3) is 0.959. The molecule has 0 saturated heterocycles. The van der Waals surface area contributed by atoms with Gasteiger partial charge < -0.3 is 20.1 Å². The topological polar surface area (TPSA) is 78.9 Å². The van der Waals surface area contributed by atoms with Crippen molar-refractivity contribution < 1.29 is 19.4 Å². The lowest BCUT2D eigenvalue weighted by molar-refractivity contribution is -0.151. The number of rotatable bonds is 44. The van der Waals surface area contributed by atoms with Crippen LogP contribution < -0.4 is 5.32 Å². The van der Waals surface area contributed by atoms with Gasteiger partial charge in [-0.15, -0.1) is 0 Å². The molecule has 0 bridgehead atoms. The number of carboxylic acids is 1. The van der Waals surface area contributed by atoms with Crippen molar-refractivity contribution in [2.24, 2.45) is 17.8 Å². The summed E-state index contributed by atoms with van der Waals surface area (Å²) in [6.07, 6.45) is 40.6. The van der Waals surface area contributed by atoms with E-state index in [1.165, 1.54) is 173 Å². The van der Waals surface area contributed by atoms with Crippen molar-refractivity contribution in [3.63, 3.8) is 0 Å². The normalized spacial score (nSPS) is 13.9. The Hall–Kier alpha value is -1.14. The zero-order valence-corrected chi connectivity index (χ0v) is 38.1. The van der Waals surface area contributed by atoms with Crippen LogP contribution in [0.4, 0.5) is 0 Å². The molecule has 0 aliphatic rings. The van der Waals surface area contributed by atoms with E-state index >= 15 is 0 Å². The monoisotopic (exact) mass is 779 g/mol. The smallest absolute Gasteiger partial charge is 0.308 e. The number of carbonyl (C=O) groups excluding carboxylic acids is 1. The van der Waals surface area contributed by atoms with Crippen LogP contribution in [-0.4, -0.2) is 61.8 Å². The van der Waals surface area contributed by atoms with E-state index in [1.807, 2.05) is 0 Å². The molecule has 4 unspecified atom stereocenters. The SMILES string of the molecule is CCCCCCC(CCCC)COC(=O)C(CCCCCCCC(CCCCCCCCC(=O)O)NCCCCN(C)C)CC(CCCC)CCCCCC. The van der Waals surface area contributed by atoms with E-state index in [2.05, 4.69) is 52.0 Å². The lowest BCUT2D eigenvalue weighted by atomic mass is 9.84. The van der Waals surface area contributed by atoms with Gasteiger partial charge in [-0.2, -0.15) is 0 Å². The summed E-state index contributed by atoms with van der Waals surface area (Å²) in [6, 6.07) is 0.607. The lowest BCUT2D eigenvalue weighted by Crippen LogP contribution is -2.30. The molecular formula is C49H98N2O4. The predicted molar refractivity (Wildman–Crippen MR) is 239 cm³/mol. The Morgan fingerprint density at radius 1 is 0.527 bits per heavy atom. The first-order valence-corrected chi connectivity index (χ1v) is 24.5. The summed E-state index contributed by atoms with van der Waals surface area (Å²) in [4.78, 5) is 26.9. The lowest BCUT2D eigenvalue weighted by Gasteiger charge is -2.24. The third kappa shape index (κ3) is 36.9. The van der Waals surface area contributed by atoms with Crippen LogP contribution >= 0.6 is 0 Å². The molecule has 0 aliphatic carbocycles. The molecule has 6 heteroatoms. The number of carboxylic acid groups (broad SMARTS) is 1. The summed E-state index contributed by atoms with van der Waals surface area (Å²) < 4.78 is 6.25. The van der Waals surface area contributed by atoms with E-state index in [9.17, 15) is 9.59 Å². The van der Waals surface area contributed by atoms with Crippen LogP contribution in [-0.2, 0) is 14.3 Å². The van der Waals surface area contributed by atoms with Gasteiger partial charge in [0.25, 0.3) is 0 Å². The molecule has 6 nitrogen and oxygen atoms in total. The van der Waals surface area contributed by atoms with Gasteiger partial charge in [-0.05, 0) is 96.8 Å². The van der Waals surface area contributed by atoms with Gasteiger partial charge in [0.15, 0.2) is 0 Å². The van der Waals surface area contributed by atoms with Crippen LogP contribution in [0.3, 0.4) is 0 Å². The Morgan fingerprint density at radius 3 is 1.53 bits per heavy atom. The first-order valence-electron chi connectivity index (χ1n) is 24.5. The molecule has 4 atom stereocenters. The maximum absolute atomic E-state index is 13.8. The van der Waals surface area contributed by atoms with Crippen molar-refractivity contribution in [3.8, 4) is 0 Å². The Balaban J connectivity index is 5.06. The number of aliphatic carboxylic acids is 1. The van der Waals surface area contributed by atoms with E-state index in [4.69, 9.17) is 9.84 Å². The molecular weight excluding hydrogens is 681 g/mol. The van der Waals surface area contributed by atoms with Gasteiger partial charge >= 0.3 is 11.9 Å². The first kappa shape index (κ1) is 53.9. The Labute approximate surface area is 344 Å². The number of nitrogens with one attached hydrogen (secondary N) is 1. The zero-order valence-electron chi connectivity index (χ0n) is 38.1. The largest absolute Gasteiger partial charge is 0.481 e. The molecule has 0 fully saturated rings. The molecule has 55 heavy (non-hydrogen) atoms. The molecule has 0 amide bonds. The Morgan fingerprint density at radius 2 is 0.982 bits per heavy atom. The van der Waals surface area contributed by atoms with Gasteiger partial charge in [0, 0.05) is 12.5 Å². The molecule has 2 N–H and O–H groups in total. The highest BCUT2D eigenvalue weighted by Crippen LogP contribution is 2.29. The number of unbranched alkanes of at least 4 members (excludes halogenated alkanes) is 18. The van der Waals surface area contributed by atoms with Crippen molar-refractivity contribution >= 4 is 11.9 Å². The van der Waals surface area contributed by atoms with Crippen LogP contribution in [0.5, 0.6) is 0 Å². The van der Waals surface area contributed by atoms with Crippen LogP contribution in [0.2, 0.25) is 0 Å². The maximum Gasteiger partial charge on any atom is 0.308 e. The molecule has 0 aromatic carbocycles. The molecule has 328 valence electrons.